The molecule has 0 spiro atoms. The van der Waals surface area contributed by atoms with Gasteiger partial charge in [0.05, 0.1) is 0 Å². The Kier molecular flexibility index (Phi) is 9.70. The molecule has 1 radical (unpaired) electrons. The summed E-state index contributed by atoms with van der Waals surface area (Å²) in [6.07, 6.45) is 0. The van der Waals surface area contributed by atoms with Gasteiger partial charge in [0.2, 0.25) is 0 Å². The molecule has 0 rings (SSSR count). The second-order valence-electron chi connectivity index (χ2n) is 1.09. The molecular weight excluding hydrogens is 140 g/mol. The fourth-order valence-corrected chi connectivity index (χ4v) is 0. The minimum atomic E-state index is -0.167. The summed E-state index contributed by atoms with van der Waals surface area (Å²) in [5.74, 6) is 0. The van der Waals surface area contributed by atoms with E-state index in [1.807, 2.05) is 0 Å². The molecular formula is C2H7BOY. The fourth-order valence-electron chi connectivity index (χ4n) is 0. The third-order valence-electron chi connectivity index (χ3n) is 0. The van der Waals surface area contributed by atoms with Gasteiger partial charge in [-0.1, -0.05) is 13.6 Å². The second kappa shape index (κ2) is 5.13. The molecule has 0 unspecified atom stereocenters. The second-order valence-corrected chi connectivity index (χ2v) is 1.09. The van der Waals surface area contributed by atoms with Crippen LogP contribution < -0.4 is 0 Å². The van der Waals surface area contributed by atoms with Crippen LogP contribution in [0.25, 0.3) is 0 Å². The molecule has 5 heavy (non-hydrogen) atoms. The zero-order valence-electron chi connectivity index (χ0n) is 3.60. The van der Waals surface area contributed by atoms with Crippen molar-refractivity contribution in [1.29, 1.82) is 0 Å². The third kappa shape index (κ3) is 39.4. The van der Waals surface area contributed by atoms with Gasteiger partial charge in [0.1, 0.15) is 0 Å². The normalized spacial score (nSPS) is 5.40. The zero-order chi connectivity index (χ0) is 3.58. The van der Waals surface area contributed by atoms with E-state index in [0.717, 1.165) is 0 Å². The van der Waals surface area contributed by atoms with Crippen molar-refractivity contribution in [1.82, 2.24) is 0 Å². The van der Waals surface area contributed by atoms with Crippen LogP contribution in [0.4, 0.5) is 0 Å². The smallest absolute Gasteiger partial charge is 0.282 e. The number of hydrogen-bond acceptors (Lipinski definition) is 1. The molecule has 0 aromatic carbocycles. The van der Waals surface area contributed by atoms with Crippen LogP contribution in [-0.2, 0) is 32.7 Å². The van der Waals surface area contributed by atoms with Gasteiger partial charge >= 0.3 is 0 Å². The first-order valence-corrected chi connectivity index (χ1v) is 1.41. The Bertz CT molecular complexity index is 14.4. The van der Waals surface area contributed by atoms with E-state index in [1.54, 1.807) is 13.6 Å². The van der Waals surface area contributed by atoms with Crippen molar-refractivity contribution in [3.63, 3.8) is 0 Å². The Morgan fingerprint density at radius 2 is 1.40 bits per heavy atom. The molecule has 27 valence electrons. The molecule has 1 nitrogen and oxygen atoms in total. The largest absolute Gasteiger partial charge is 0.451 e. The van der Waals surface area contributed by atoms with Crippen LogP contribution in [0.2, 0.25) is 13.6 Å². The van der Waals surface area contributed by atoms with Crippen LogP contribution in [0.1, 0.15) is 0 Å². The molecule has 3 heteroatoms. The van der Waals surface area contributed by atoms with Crippen LogP contribution >= 0.6 is 0 Å². The maximum absolute atomic E-state index is 8.06. The first kappa shape index (κ1) is 9.46. The molecule has 1 N–H and O–H groups in total. The minimum Gasteiger partial charge on any atom is -0.451 e. The van der Waals surface area contributed by atoms with Gasteiger partial charge < -0.3 is 5.02 Å². The van der Waals surface area contributed by atoms with Crippen LogP contribution in [0, 0.1) is 0 Å². The van der Waals surface area contributed by atoms with E-state index < -0.39 is 0 Å². The molecule has 0 aliphatic heterocycles. The molecule has 0 saturated carbocycles. The molecule has 0 aromatic heterocycles. The van der Waals surface area contributed by atoms with Gasteiger partial charge in [-0.3, -0.25) is 0 Å². The SMILES string of the molecule is CB(C)O.[Y]. The molecule has 0 heterocycles. The van der Waals surface area contributed by atoms with Crippen LogP contribution in [0.5, 0.6) is 0 Å². The van der Waals surface area contributed by atoms with Crippen molar-refractivity contribution >= 4 is 6.92 Å². The summed E-state index contributed by atoms with van der Waals surface area (Å²) in [4.78, 5) is 0. The van der Waals surface area contributed by atoms with E-state index in [1.165, 1.54) is 0 Å². The van der Waals surface area contributed by atoms with Gasteiger partial charge in [-0.05, 0) is 0 Å². The topological polar surface area (TPSA) is 20.2 Å². The summed E-state index contributed by atoms with van der Waals surface area (Å²) in [6.45, 7) is 3.28. The molecule has 0 bridgehead atoms. The van der Waals surface area contributed by atoms with Gasteiger partial charge in [-0.25, -0.2) is 0 Å². The Morgan fingerprint density at radius 1 is 1.40 bits per heavy atom. The van der Waals surface area contributed by atoms with Crippen LogP contribution in [0.15, 0.2) is 0 Å². The summed E-state index contributed by atoms with van der Waals surface area (Å²) in [5, 5.41) is 8.06. The van der Waals surface area contributed by atoms with Crippen LogP contribution in [-0.4, -0.2) is 11.9 Å². The number of hydrogen-bond donors (Lipinski definition) is 1. The standard InChI is InChI=1S/C2H7BO.Y/c1-3(2)4;/h4H,1-2H3;. The van der Waals surface area contributed by atoms with Crippen molar-refractivity contribution in [3.05, 3.63) is 0 Å². The average molecular weight is 147 g/mol. The number of rotatable bonds is 0. The van der Waals surface area contributed by atoms with Crippen LogP contribution in [0.3, 0.4) is 0 Å². The monoisotopic (exact) mass is 147 g/mol. The van der Waals surface area contributed by atoms with Gasteiger partial charge in [0.25, 0.3) is 6.92 Å². The fraction of sp³-hybridized carbons (Fsp3) is 1.00. The average Bonchev–Trinajstić information content (AvgIpc) is 0.811. The molecule has 0 aliphatic carbocycles. The van der Waals surface area contributed by atoms with Crippen molar-refractivity contribution in [2.24, 2.45) is 0 Å². The molecule has 0 saturated heterocycles. The molecule has 0 aliphatic rings. The summed E-state index contributed by atoms with van der Waals surface area (Å²) in [6, 6.07) is 0. The Morgan fingerprint density at radius 3 is 1.40 bits per heavy atom. The summed E-state index contributed by atoms with van der Waals surface area (Å²) in [7, 11) is 0. The Labute approximate surface area is 58.1 Å². The first-order valence-electron chi connectivity index (χ1n) is 1.41. The zero-order valence-corrected chi connectivity index (χ0v) is 6.44. The van der Waals surface area contributed by atoms with Gasteiger partial charge in [-0.15, -0.1) is 0 Å². The van der Waals surface area contributed by atoms with E-state index in [9.17, 15) is 0 Å². The minimum absolute atomic E-state index is 0. The molecule has 0 fully saturated rings. The predicted molar refractivity (Wildman–Crippen MR) is 19.7 cm³/mol. The van der Waals surface area contributed by atoms with Gasteiger partial charge in [0.15, 0.2) is 0 Å². The summed E-state index contributed by atoms with van der Waals surface area (Å²) in [5.41, 5.74) is 0. The van der Waals surface area contributed by atoms with Crippen molar-refractivity contribution in [2.75, 3.05) is 0 Å². The van der Waals surface area contributed by atoms with Crippen molar-refractivity contribution in [2.45, 2.75) is 13.6 Å². The van der Waals surface area contributed by atoms with E-state index in [2.05, 4.69) is 0 Å². The Balaban J connectivity index is 0. The van der Waals surface area contributed by atoms with E-state index in [-0.39, 0.29) is 39.6 Å². The van der Waals surface area contributed by atoms with Crippen molar-refractivity contribution < 1.29 is 37.7 Å². The van der Waals surface area contributed by atoms with E-state index in [0.29, 0.717) is 0 Å². The molecule has 0 aromatic rings. The maximum Gasteiger partial charge on any atom is 0.282 e. The molecule has 0 amide bonds. The summed E-state index contributed by atoms with van der Waals surface area (Å²) >= 11 is 0. The van der Waals surface area contributed by atoms with E-state index in [4.69, 9.17) is 5.02 Å². The maximum atomic E-state index is 8.06. The Hall–Kier alpha value is 1.13. The van der Waals surface area contributed by atoms with Gasteiger partial charge in [0, 0.05) is 32.7 Å². The van der Waals surface area contributed by atoms with Gasteiger partial charge in [-0.2, -0.15) is 0 Å². The van der Waals surface area contributed by atoms with Crippen molar-refractivity contribution in [3.8, 4) is 0 Å². The van der Waals surface area contributed by atoms with E-state index >= 15 is 0 Å². The first-order chi connectivity index (χ1) is 1.73. The molecule has 0 atom stereocenters. The third-order valence-corrected chi connectivity index (χ3v) is 0. The predicted octanol–water partition coefficient (Wildman–Crippen LogP) is 0.227. The summed E-state index contributed by atoms with van der Waals surface area (Å²) < 4.78 is 0. The quantitative estimate of drug-likeness (QED) is 0.486.